The highest BCUT2D eigenvalue weighted by atomic mass is 32.2. The maximum Gasteiger partial charge on any atom is 0.573 e. The van der Waals surface area contributed by atoms with Gasteiger partial charge in [0, 0.05) is 17.4 Å². The van der Waals surface area contributed by atoms with E-state index in [-0.39, 0.29) is 11.1 Å². The maximum absolute atomic E-state index is 14.3. The maximum atomic E-state index is 14.3. The van der Waals surface area contributed by atoms with Crippen molar-refractivity contribution in [1.82, 2.24) is 9.97 Å². The molecule has 1 heterocycles. The van der Waals surface area contributed by atoms with Crippen LogP contribution >= 0.6 is 0 Å². The van der Waals surface area contributed by atoms with E-state index in [9.17, 15) is 43.5 Å². The van der Waals surface area contributed by atoms with Crippen LogP contribution in [0.15, 0.2) is 35.2 Å². The van der Waals surface area contributed by atoms with Crippen LogP contribution in [0.1, 0.15) is 11.4 Å². The molecule has 33 heavy (non-hydrogen) atoms. The summed E-state index contributed by atoms with van der Waals surface area (Å²) in [5, 5.41) is 0. The lowest BCUT2D eigenvalue weighted by atomic mass is 10.0. The average molecular weight is 500 g/mol. The Morgan fingerprint density at radius 2 is 1.52 bits per heavy atom. The average Bonchev–Trinajstić information content (AvgIpc) is 3.06. The van der Waals surface area contributed by atoms with Crippen molar-refractivity contribution in [3.8, 4) is 28.3 Å². The third-order valence-corrected chi connectivity index (χ3v) is 5.45. The summed E-state index contributed by atoms with van der Waals surface area (Å²) < 4.78 is 133. The van der Waals surface area contributed by atoms with Gasteiger partial charge >= 0.3 is 12.5 Å². The Kier molecular flexibility index (Phi) is 5.94. The summed E-state index contributed by atoms with van der Waals surface area (Å²) in [6.07, 6.45) is -9.61. The largest absolute Gasteiger partial charge is 0.573 e. The van der Waals surface area contributed by atoms with Gasteiger partial charge in [-0.05, 0) is 30.7 Å². The Bertz CT molecular complexity index is 1300. The van der Waals surface area contributed by atoms with Gasteiger partial charge in [-0.25, -0.2) is 22.2 Å². The lowest BCUT2D eigenvalue weighted by Crippen LogP contribution is -2.17. The van der Waals surface area contributed by atoms with Crippen LogP contribution < -0.4 is 4.74 Å². The molecule has 0 unspecified atom stereocenters. The van der Waals surface area contributed by atoms with Crippen LogP contribution in [-0.2, 0) is 16.0 Å². The molecule has 2 aromatic carbocycles. The number of halogens is 8. The first kappa shape index (κ1) is 24.5. The fourth-order valence-corrected chi connectivity index (χ4v) is 3.79. The first-order valence-electron chi connectivity index (χ1n) is 8.71. The standard InChI is InChI=1S/C19H12F8N2O3S/c1-8-3-4-9(7-13(8)32-19(25,26)27)14-15(29-17(28-14)18(22,23)24)10-5-11(20)16(12(21)6-10)33(2,30)31/h3-7H,1-2H3,(H,28,29). The van der Waals surface area contributed by atoms with Gasteiger partial charge in [0.1, 0.15) is 22.3 Å². The van der Waals surface area contributed by atoms with Gasteiger partial charge in [-0.3, -0.25) is 0 Å². The molecule has 14 heteroatoms. The first-order valence-corrected chi connectivity index (χ1v) is 10.6. The van der Waals surface area contributed by atoms with E-state index in [0.29, 0.717) is 18.4 Å². The quantitative estimate of drug-likeness (QED) is 0.470. The molecular formula is C19H12F8N2O3S. The molecule has 0 spiro atoms. The predicted octanol–water partition coefficient (Wildman–Crippen LogP) is 5.65. The summed E-state index contributed by atoms with van der Waals surface area (Å²) >= 11 is 0. The number of aromatic amines is 1. The van der Waals surface area contributed by atoms with Crippen molar-refractivity contribution < 1.29 is 48.3 Å². The number of H-pyrrole nitrogens is 1. The van der Waals surface area contributed by atoms with E-state index in [0.717, 1.165) is 18.2 Å². The Balaban J connectivity index is 2.26. The number of aryl methyl sites for hydroxylation is 1. The van der Waals surface area contributed by atoms with E-state index < -0.39 is 67.4 Å². The summed E-state index contributed by atoms with van der Waals surface area (Å²) in [7, 11) is -4.35. The number of benzene rings is 2. The second-order valence-corrected chi connectivity index (χ2v) is 8.83. The number of nitrogens with one attached hydrogen (secondary N) is 1. The molecular weight excluding hydrogens is 488 g/mol. The summed E-state index contributed by atoms with van der Waals surface area (Å²) in [5.74, 6) is -5.49. The van der Waals surface area contributed by atoms with Gasteiger partial charge in [0.25, 0.3) is 0 Å². The Hall–Kier alpha value is -3.16. The van der Waals surface area contributed by atoms with E-state index in [1.54, 1.807) is 0 Å². The van der Waals surface area contributed by atoms with Crippen molar-refractivity contribution in [2.45, 2.75) is 24.4 Å². The van der Waals surface area contributed by atoms with Crippen LogP contribution in [0.4, 0.5) is 35.1 Å². The highest BCUT2D eigenvalue weighted by Gasteiger charge is 2.37. The summed E-state index contributed by atoms with van der Waals surface area (Å²) in [6.45, 7) is 1.26. The van der Waals surface area contributed by atoms with Crippen LogP contribution in [-0.4, -0.2) is 31.0 Å². The van der Waals surface area contributed by atoms with E-state index in [1.165, 1.54) is 6.92 Å². The summed E-state index contributed by atoms with van der Waals surface area (Å²) in [5.41, 5.74) is -2.06. The normalized spacial score (nSPS) is 12.8. The molecule has 3 aromatic rings. The zero-order valence-electron chi connectivity index (χ0n) is 16.5. The molecule has 0 radical (unpaired) electrons. The molecule has 0 aliphatic heterocycles. The summed E-state index contributed by atoms with van der Waals surface area (Å²) in [4.78, 5) is 3.90. The highest BCUT2D eigenvalue weighted by Crippen LogP contribution is 2.39. The number of imidazole rings is 1. The Morgan fingerprint density at radius 3 is 2.00 bits per heavy atom. The molecule has 0 amide bonds. The first-order chi connectivity index (χ1) is 15.0. The number of hydrogen-bond acceptors (Lipinski definition) is 4. The number of alkyl halides is 6. The Labute approximate surface area is 180 Å². The van der Waals surface area contributed by atoms with Crippen molar-refractivity contribution in [3.63, 3.8) is 0 Å². The number of nitrogens with zero attached hydrogens (tertiary/aromatic N) is 1. The molecule has 0 atom stereocenters. The summed E-state index contributed by atoms with van der Waals surface area (Å²) in [6, 6.07) is 3.97. The Morgan fingerprint density at radius 1 is 0.939 bits per heavy atom. The van der Waals surface area contributed by atoms with Crippen molar-refractivity contribution >= 4 is 9.84 Å². The molecule has 0 aliphatic rings. The van der Waals surface area contributed by atoms with Crippen molar-refractivity contribution in [1.29, 1.82) is 0 Å². The topological polar surface area (TPSA) is 72.0 Å². The van der Waals surface area contributed by atoms with Gasteiger partial charge in [-0.15, -0.1) is 13.2 Å². The van der Waals surface area contributed by atoms with Crippen LogP contribution in [0.3, 0.4) is 0 Å². The predicted molar refractivity (Wildman–Crippen MR) is 98.9 cm³/mol. The minimum Gasteiger partial charge on any atom is -0.405 e. The molecule has 1 aromatic heterocycles. The van der Waals surface area contributed by atoms with Gasteiger partial charge in [-0.2, -0.15) is 13.2 Å². The fraction of sp³-hybridized carbons (Fsp3) is 0.211. The fourth-order valence-electron chi connectivity index (χ4n) is 2.97. The molecule has 1 N–H and O–H groups in total. The minimum absolute atomic E-state index is 0.00257. The van der Waals surface area contributed by atoms with Gasteiger partial charge in [-0.1, -0.05) is 12.1 Å². The zero-order chi connectivity index (χ0) is 24.9. The van der Waals surface area contributed by atoms with E-state index >= 15 is 0 Å². The lowest BCUT2D eigenvalue weighted by Gasteiger charge is -2.13. The van der Waals surface area contributed by atoms with Crippen LogP contribution in [0, 0.1) is 18.6 Å². The SMILES string of the molecule is Cc1ccc(-c2[nH]c(C(F)(F)F)nc2-c2cc(F)c(S(C)(=O)=O)c(F)c2)cc1OC(F)(F)F. The molecule has 0 bridgehead atoms. The molecule has 0 saturated heterocycles. The number of hydrogen-bond donors (Lipinski definition) is 1. The zero-order valence-corrected chi connectivity index (χ0v) is 17.3. The number of aromatic nitrogens is 2. The second-order valence-electron chi connectivity index (χ2n) is 6.88. The molecule has 5 nitrogen and oxygen atoms in total. The highest BCUT2D eigenvalue weighted by molar-refractivity contribution is 7.90. The van der Waals surface area contributed by atoms with E-state index in [2.05, 4.69) is 9.72 Å². The third-order valence-electron chi connectivity index (χ3n) is 4.32. The lowest BCUT2D eigenvalue weighted by molar-refractivity contribution is -0.274. The number of ether oxygens (including phenoxy) is 1. The van der Waals surface area contributed by atoms with E-state index in [1.807, 2.05) is 4.98 Å². The third kappa shape index (κ3) is 5.26. The van der Waals surface area contributed by atoms with Crippen molar-refractivity contribution in [2.24, 2.45) is 0 Å². The van der Waals surface area contributed by atoms with Gasteiger partial charge in [0.05, 0.1) is 11.4 Å². The van der Waals surface area contributed by atoms with Crippen LogP contribution in [0.25, 0.3) is 22.5 Å². The van der Waals surface area contributed by atoms with Crippen molar-refractivity contribution in [3.05, 3.63) is 53.4 Å². The smallest absolute Gasteiger partial charge is 0.405 e. The molecule has 3 rings (SSSR count). The van der Waals surface area contributed by atoms with Crippen LogP contribution in [0.5, 0.6) is 5.75 Å². The number of sulfone groups is 1. The minimum atomic E-state index is -5.09. The molecule has 178 valence electrons. The number of rotatable bonds is 4. The van der Waals surface area contributed by atoms with Crippen LogP contribution in [0.2, 0.25) is 0 Å². The molecule has 0 aliphatic carbocycles. The van der Waals surface area contributed by atoms with Gasteiger partial charge < -0.3 is 9.72 Å². The second kappa shape index (κ2) is 8.01. The van der Waals surface area contributed by atoms with E-state index in [4.69, 9.17) is 0 Å². The molecule has 0 fully saturated rings. The monoisotopic (exact) mass is 500 g/mol. The molecule has 0 saturated carbocycles. The van der Waals surface area contributed by atoms with Gasteiger partial charge in [0.2, 0.25) is 5.82 Å². The van der Waals surface area contributed by atoms with Crippen molar-refractivity contribution in [2.75, 3.05) is 6.26 Å². The van der Waals surface area contributed by atoms with Gasteiger partial charge in [0.15, 0.2) is 9.84 Å².